The van der Waals surface area contributed by atoms with Crippen molar-refractivity contribution in [2.24, 2.45) is 0 Å². The van der Waals surface area contributed by atoms with Crippen LogP contribution in [0.1, 0.15) is 57.8 Å². The molecule has 76 valence electrons. The molecule has 0 aromatic rings. The minimum Gasteiger partial charge on any atom is -0.393 e. The first-order valence-corrected chi connectivity index (χ1v) is 5.72. The summed E-state index contributed by atoms with van der Waals surface area (Å²) in [5.41, 5.74) is 0. The lowest BCUT2D eigenvalue weighted by Crippen LogP contribution is -2.04. The molecule has 1 rings (SSSR count). The van der Waals surface area contributed by atoms with Crippen LogP contribution in [0, 0.1) is 0 Å². The fourth-order valence-electron chi connectivity index (χ4n) is 1.84. The van der Waals surface area contributed by atoms with Gasteiger partial charge < -0.3 is 5.11 Å². The summed E-state index contributed by atoms with van der Waals surface area (Å²) in [7, 11) is 0. The molecule has 1 aliphatic rings. The molecule has 0 radical (unpaired) electrons. The zero-order valence-corrected chi connectivity index (χ0v) is 8.54. The van der Waals surface area contributed by atoms with Crippen molar-refractivity contribution < 1.29 is 5.11 Å². The number of hydrogen-bond donors (Lipinski definition) is 1. The lowest BCUT2D eigenvalue weighted by atomic mass is 10.0. The summed E-state index contributed by atoms with van der Waals surface area (Å²) >= 11 is 0. The molecule has 0 saturated heterocycles. The summed E-state index contributed by atoms with van der Waals surface area (Å²) in [6.45, 7) is 0. The molecule has 1 aliphatic carbocycles. The van der Waals surface area contributed by atoms with Gasteiger partial charge in [-0.25, -0.2) is 0 Å². The molecule has 0 fully saturated rings. The van der Waals surface area contributed by atoms with Crippen LogP contribution >= 0.6 is 0 Å². The molecule has 1 heteroatoms. The van der Waals surface area contributed by atoms with Crippen LogP contribution in [0.2, 0.25) is 0 Å². The van der Waals surface area contributed by atoms with Crippen LogP contribution in [0.15, 0.2) is 12.2 Å². The standard InChI is InChI=1S/C12H22O/c13-12-10-8-6-4-2-1-3-5-7-9-11-12/h6,8,12-13H,1-5,7,9-11H2. The van der Waals surface area contributed by atoms with Crippen molar-refractivity contribution in [3.05, 3.63) is 12.2 Å². The van der Waals surface area contributed by atoms with Gasteiger partial charge in [0.1, 0.15) is 0 Å². The second-order valence-electron chi connectivity index (χ2n) is 4.06. The number of aliphatic hydroxyl groups excluding tert-OH is 1. The lowest BCUT2D eigenvalue weighted by molar-refractivity contribution is 0.163. The molecule has 1 unspecified atom stereocenters. The SMILES string of the molecule is OC1CC=CCCCCCCCC1. The molecule has 1 N–H and O–H groups in total. The van der Waals surface area contributed by atoms with E-state index in [4.69, 9.17) is 0 Å². The first-order valence-electron chi connectivity index (χ1n) is 5.72. The van der Waals surface area contributed by atoms with E-state index in [-0.39, 0.29) is 6.10 Å². The normalized spacial score (nSPS) is 27.6. The zero-order valence-electron chi connectivity index (χ0n) is 8.54. The number of hydrogen-bond acceptors (Lipinski definition) is 1. The Hall–Kier alpha value is -0.300. The Bertz CT molecular complexity index is 140. The minimum absolute atomic E-state index is 0.0873. The van der Waals surface area contributed by atoms with Crippen LogP contribution in [-0.4, -0.2) is 11.2 Å². The number of allylic oxidation sites excluding steroid dienone is 1. The second kappa shape index (κ2) is 7.14. The molecule has 0 bridgehead atoms. The van der Waals surface area contributed by atoms with E-state index in [2.05, 4.69) is 12.2 Å². The van der Waals surface area contributed by atoms with Crippen molar-refractivity contribution in [2.75, 3.05) is 0 Å². The van der Waals surface area contributed by atoms with Gasteiger partial charge in [-0.2, -0.15) is 0 Å². The number of rotatable bonds is 0. The highest BCUT2D eigenvalue weighted by molar-refractivity contribution is 4.84. The Kier molecular flexibility index (Phi) is 5.92. The van der Waals surface area contributed by atoms with Crippen LogP contribution in [0.25, 0.3) is 0 Å². The maximum absolute atomic E-state index is 9.54. The topological polar surface area (TPSA) is 20.2 Å². The Balaban J connectivity index is 2.22. The van der Waals surface area contributed by atoms with Gasteiger partial charge in [0.2, 0.25) is 0 Å². The Morgan fingerprint density at radius 2 is 1.54 bits per heavy atom. The van der Waals surface area contributed by atoms with E-state index in [1.807, 2.05) is 0 Å². The lowest BCUT2D eigenvalue weighted by Gasteiger charge is -2.08. The fraction of sp³-hybridized carbons (Fsp3) is 0.833. The third kappa shape index (κ3) is 5.87. The van der Waals surface area contributed by atoms with E-state index < -0.39 is 0 Å². The van der Waals surface area contributed by atoms with Crippen molar-refractivity contribution >= 4 is 0 Å². The highest BCUT2D eigenvalue weighted by Crippen LogP contribution is 2.13. The van der Waals surface area contributed by atoms with Crippen LogP contribution < -0.4 is 0 Å². The Labute approximate surface area is 81.9 Å². The van der Waals surface area contributed by atoms with E-state index in [1.54, 1.807) is 0 Å². The van der Waals surface area contributed by atoms with Gasteiger partial charge in [0.25, 0.3) is 0 Å². The third-order valence-electron chi connectivity index (χ3n) is 2.73. The third-order valence-corrected chi connectivity index (χ3v) is 2.73. The van der Waals surface area contributed by atoms with Gasteiger partial charge in [-0.15, -0.1) is 0 Å². The average Bonchev–Trinajstić information content (AvgIpc) is 2.11. The largest absolute Gasteiger partial charge is 0.393 e. The Morgan fingerprint density at radius 3 is 2.38 bits per heavy atom. The molecular formula is C12H22O. The highest BCUT2D eigenvalue weighted by atomic mass is 16.3. The van der Waals surface area contributed by atoms with Crippen LogP contribution in [0.5, 0.6) is 0 Å². The van der Waals surface area contributed by atoms with E-state index in [0.717, 1.165) is 12.8 Å². The van der Waals surface area contributed by atoms with E-state index >= 15 is 0 Å². The molecule has 0 spiro atoms. The van der Waals surface area contributed by atoms with Crippen molar-refractivity contribution in [2.45, 2.75) is 63.9 Å². The van der Waals surface area contributed by atoms with Gasteiger partial charge in [0, 0.05) is 0 Å². The monoisotopic (exact) mass is 182 g/mol. The predicted octanol–water partition coefficient (Wildman–Crippen LogP) is 3.43. The van der Waals surface area contributed by atoms with Crippen molar-refractivity contribution in [3.8, 4) is 0 Å². The predicted molar refractivity (Wildman–Crippen MR) is 56.7 cm³/mol. The molecule has 13 heavy (non-hydrogen) atoms. The van der Waals surface area contributed by atoms with Gasteiger partial charge in [0.05, 0.1) is 6.10 Å². The zero-order chi connectivity index (χ0) is 9.36. The second-order valence-corrected chi connectivity index (χ2v) is 4.06. The van der Waals surface area contributed by atoms with E-state index in [0.29, 0.717) is 0 Å². The summed E-state index contributed by atoms with van der Waals surface area (Å²) in [6, 6.07) is 0. The number of aliphatic hydroxyl groups is 1. The summed E-state index contributed by atoms with van der Waals surface area (Å²) in [4.78, 5) is 0. The van der Waals surface area contributed by atoms with Gasteiger partial charge in [-0.3, -0.25) is 0 Å². The first-order chi connectivity index (χ1) is 6.39. The van der Waals surface area contributed by atoms with Gasteiger partial charge in [-0.05, 0) is 25.7 Å². The van der Waals surface area contributed by atoms with Crippen molar-refractivity contribution in [1.29, 1.82) is 0 Å². The maximum Gasteiger partial charge on any atom is 0.0574 e. The fourth-order valence-corrected chi connectivity index (χ4v) is 1.84. The minimum atomic E-state index is -0.0873. The van der Waals surface area contributed by atoms with Crippen LogP contribution in [-0.2, 0) is 0 Å². The summed E-state index contributed by atoms with van der Waals surface area (Å²) < 4.78 is 0. The molecule has 1 atom stereocenters. The molecule has 0 aliphatic heterocycles. The Morgan fingerprint density at radius 1 is 0.846 bits per heavy atom. The van der Waals surface area contributed by atoms with Crippen molar-refractivity contribution in [1.82, 2.24) is 0 Å². The molecule has 0 heterocycles. The van der Waals surface area contributed by atoms with Crippen LogP contribution in [0.3, 0.4) is 0 Å². The molecule has 0 saturated carbocycles. The molecule has 0 aromatic carbocycles. The smallest absolute Gasteiger partial charge is 0.0574 e. The van der Waals surface area contributed by atoms with Crippen LogP contribution in [0.4, 0.5) is 0 Å². The average molecular weight is 182 g/mol. The molecule has 1 nitrogen and oxygen atoms in total. The van der Waals surface area contributed by atoms with E-state index in [9.17, 15) is 5.11 Å². The molecule has 0 amide bonds. The van der Waals surface area contributed by atoms with Gasteiger partial charge >= 0.3 is 0 Å². The summed E-state index contributed by atoms with van der Waals surface area (Å²) in [5, 5.41) is 9.54. The van der Waals surface area contributed by atoms with Crippen molar-refractivity contribution in [3.63, 3.8) is 0 Å². The summed E-state index contributed by atoms with van der Waals surface area (Å²) in [6.07, 6.45) is 15.3. The quantitative estimate of drug-likeness (QED) is 0.569. The van der Waals surface area contributed by atoms with Gasteiger partial charge in [-0.1, -0.05) is 44.3 Å². The molecule has 0 aromatic heterocycles. The maximum atomic E-state index is 9.54. The van der Waals surface area contributed by atoms with Gasteiger partial charge in [0.15, 0.2) is 0 Å². The van der Waals surface area contributed by atoms with E-state index in [1.165, 1.54) is 44.9 Å². The molecular weight excluding hydrogens is 160 g/mol. The summed E-state index contributed by atoms with van der Waals surface area (Å²) in [5.74, 6) is 0. The highest BCUT2D eigenvalue weighted by Gasteiger charge is 2.01. The first kappa shape index (κ1) is 10.8.